The van der Waals surface area contributed by atoms with E-state index < -0.39 is 22.5 Å². The predicted octanol–water partition coefficient (Wildman–Crippen LogP) is 7.31. The Balaban J connectivity index is 1.51. The number of hydrogen-bond donors (Lipinski definition) is 1. The molecular weight excluding hydrogens is 677 g/mol. The average molecular weight is 705 g/mol. The number of nitrogens with one attached hydrogen (secondary N) is 1. The maximum Gasteiger partial charge on any atom is 0.264 e. The molecule has 0 unspecified atom stereocenters. The van der Waals surface area contributed by atoms with E-state index in [1.165, 1.54) is 25.5 Å². The summed E-state index contributed by atoms with van der Waals surface area (Å²) in [5, 5.41) is 5.05. The summed E-state index contributed by atoms with van der Waals surface area (Å²) in [6, 6.07) is 22.0. The number of carbonyl (C=O) groups is 1. The molecule has 0 atom stereocenters. The summed E-state index contributed by atoms with van der Waals surface area (Å²) in [5.41, 5.74) is 5.65. The highest BCUT2D eigenvalue weighted by Gasteiger charge is 2.28. The molecule has 4 aromatic rings. The van der Waals surface area contributed by atoms with Crippen molar-refractivity contribution in [3.63, 3.8) is 0 Å². The second-order valence-electron chi connectivity index (χ2n) is 9.45. The van der Waals surface area contributed by atoms with Crippen LogP contribution in [0.3, 0.4) is 0 Å². The molecule has 4 aromatic carbocycles. The van der Waals surface area contributed by atoms with Crippen molar-refractivity contribution in [1.82, 2.24) is 5.43 Å². The number of methoxy groups -OCH3 is 1. The normalized spacial score (nSPS) is 11.4. The largest absolute Gasteiger partial charge is 0.493 e. The number of halogens is 3. The molecule has 0 aliphatic heterocycles. The molecule has 224 valence electrons. The number of hydrazone groups is 1. The van der Waals surface area contributed by atoms with Crippen molar-refractivity contribution in [3.05, 3.63) is 116 Å². The molecule has 43 heavy (non-hydrogen) atoms. The van der Waals surface area contributed by atoms with E-state index in [1.807, 2.05) is 19.1 Å². The molecule has 0 heterocycles. The van der Waals surface area contributed by atoms with Crippen LogP contribution in [0.2, 0.25) is 10.0 Å². The van der Waals surface area contributed by atoms with Crippen molar-refractivity contribution in [3.8, 4) is 11.5 Å². The van der Waals surface area contributed by atoms with E-state index in [0.717, 1.165) is 15.4 Å². The van der Waals surface area contributed by atoms with Gasteiger partial charge in [0.2, 0.25) is 0 Å². The fourth-order valence-electron chi connectivity index (χ4n) is 4.04. The summed E-state index contributed by atoms with van der Waals surface area (Å²) < 4.78 is 40.4. The van der Waals surface area contributed by atoms with Crippen LogP contribution in [0, 0.1) is 13.8 Å². The second-order valence-corrected chi connectivity index (χ2v) is 13.0. The third-order valence-corrected chi connectivity index (χ3v) is 9.38. The highest BCUT2D eigenvalue weighted by Crippen LogP contribution is 2.37. The van der Waals surface area contributed by atoms with Gasteiger partial charge in [0.1, 0.15) is 13.2 Å². The maximum atomic E-state index is 13.7. The summed E-state index contributed by atoms with van der Waals surface area (Å²) in [6.45, 7) is 3.32. The van der Waals surface area contributed by atoms with Crippen LogP contribution in [0.25, 0.3) is 0 Å². The van der Waals surface area contributed by atoms with Gasteiger partial charge in [0.15, 0.2) is 11.5 Å². The Hall–Kier alpha value is -3.57. The number of anilines is 1. The van der Waals surface area contributed by atoms with Gasteiger partial charge in [-0.25, -0.2) is 13.8 Å². The molecule has 8 nitrogen and oxygen atoms in total. The Labute approximate surface area is 269 Å². The molecule has 0 spiro atoms. The Kier molecular flexibility index (Phi) is 10.7. The SMILES string of the molecule is COc1cc(/C=N\NC(=O)CN(c2cccc(Cl)c2C)S(=O)(=O)c2ccc(C)cc2)cc(Br)c1OCc1ccc(Cl)cc1. The third-order valence-electron chi connectivity index (χ3n) is 6.36. The van der Waals surface area contributed by atoms with Gasteiger partial charge in [0, 0.05) is 10.0 Å². The van der Waals surface area contributed by atoms with E-state index in [9.17, 15) is 13.2 Å². The van der Waals surface area contributed by atoms with Gasteiger partial charge in [-0.3, -0.25) is 9.10 Å². The van der Waals surface area contributed by atoms with Crippen LogP contribution in [0.4, 0.5) is 5.69 Å². The second kappa shape index (κ2) is 14.3. The lowest BCUT2D eigenvalue weighted by atomic mass is 10.2. The lowest BCUT2D eigenvalue weighted by Crippen LogP contribution is -2.40. The number of sulfonamides is 1. The molecule has 12 heteroatoms. The van der Waals surface area contributed by atoms with Gasteiger partial charge < -0.3 is 9.47 Å². The fourth-order valence-corrected chi connectivity index (χ4v) is 6.39. The molecule has 4 rings (SSSR count). The Morgan fingerprint density at radius 3 is 2.40 bits per heavy atom. The number of benzene rings is 4. The summed E-state index contributed by atoms with van der Waals surface area (Å²) in [4.78, 5) is 13.0. The molecule has 0 saturated heterocycles. The van der Waals surface area contributed by atoms with Crippen molar-refractivity contribution in [2.75, 3.05) is 18.0 Å². The monoisotopic (exact) mass is 703 g/mol. The van der Waals surface area contributed by atoms with Crippen LogP contribution in [-0.2, 0) is 21.4 Å². The fraction of sp³-hybridized carbons (Fsp3) is 0.161. The van der Waals surface area contributed by atoms with Crippen molar-refractivity contribution in [1.29, 1.82) is 0 Å². The first-order valence-electron chi connectivity index (χ1n) is 12.9. The Bertz CT molecular complexity index is 1750. The van der Waals surface area contributed by atoms with Crippen LogP contribution < -0.4 is 19.2 Å². The smallest absolute Gasteiger partial charge is 0.264 e. The number of nitrogens with zero attached hydrogens (tertiary/aromatic N) is 2. The molecule has 1 N–H and O–H groups in total. The standard InChI is InChI=1S/C31H28BrCl2N3O5S/c1-20-7-13-25(14-8-20)43(39,40)37(28-6-4-5-27(34)21(28)2)18-30(38)36-35-17-23-15-26(32)31(29(16-23)41-3)42-19-22-9-11-24(33)12-10-22/h4-17H,18-19H2,1-3H3,(H,36,38)/b35-17-. The van der Waals surface area contributed by atoms with Gasteiger partial charge in [0.25, 0.3) is 15.9 Å². The molecule has 0 fully saturated rings. The zero-order valence-corrected chi connectivity index (χ0v) is 27.4. The van der Waals surface area contributed by atoms with Crippen LogP contribution in [-0.4, -0.2) is 34.2 Å². The molecule has 0 aliphatic carbocycles. The summed E-state index contributed by atoms with van der Waals surface area (Å²) in [5.74, 6) is 0.288. The summed E-state index contributed by atoms with van der Waals surface area (Å²) in [6.07, 6.45) is 1.41. The van der Waals surface area contributed by atoms with Crippen LogP contribution >= 0.6 is 39.1 Å². The van der Waals surface area contributed by atoms with Gasteiger partial charge in [0.05, 0.1) is 28.4 Å². The first kappa shape index (κ1) is 32.3. The minimum Gasteiger partial charge on any atom is -0.493 e. The molecule has 0 radical (unpaired) electrons. The topological polar surface area (TPSA) is 97.3 Å². The molecule has 0 bridgehead atoms. The minimum atomic E-state index is -4.11. The number of aryl methyl sites for hydroxylation is 1. The zero-order chi connectivity index (χ0) is 31.1. The lowest BCUT2D eigenvalue weighted by molar-refractivity contribution is -0.119. The molecule has 0 saturated carbocycles. The number of amides is 1. The van der Waals surface area contributed by atoms with Crippen molar-refractivity contribution >= 4 is 67.0 Å². The van der Waals surface area contributed by atoms with Crippen LogP contribution in [0.5, 0.6) is 11.5 Å². The quantitative estimate of drug-likeness (QED) is 0.131. The Morgan fingerprint density at radius 2 is 1.72 bits per heavy atom. The minimum absolute atomic E-state index is 0.0455. The van der Waals surface area contributed by atoms with Gasteiger partial charge in [-0.1, -0.05) is 59.1 Å². The zero-order valence-electron chi connectivity index (χ0n) is 23.5. The number of ether oxygens (including phenoxy) is 2. The number of carbonyl (C=O) groups excluding carboxylic acids is 1. The van der Waals surface area contributed by atoms with Crippen molar-refractivity contribution < 1.29 is 22.7 Å². The number of hydrogen-bond acceptors (Lipinski definition) is 6. The van der Waals surface area contributed by atoms with Gasteiger partial charge in [-0.2, -0.15) is 5.10 Å². The highest BCUT2D eigenvalue weighted by molar-refractivity contribution is 9.10. The van der Waals surface area contributed by atoms with Crippen molar-refractivity contribution in [2.45, 2.75) is 25.3 Å². The van der Waals surface area contributed by atoms with E-state index in [1.54, 1.807) is 61.5 Å². The lowest BCUT2D eigenvalue weighted by Gasteiger charge is -2.25. The van der Waals surface area contributed by atoms with Crippen LogP contribution in [0.1, 0.15) is 22.3 Å². The Morgan fingerprint density at radius 1 is 1.02 bits per heavy atom. The van der Waals surface area contributed by atoms with Crippen molar-refractivity contribution in [2.24, 2.45) is 5.10 Å². The summed E-state index contributed by atoms with van der Waals surface area (Å²) in [7, 11) is -2.60. The van der Waals surface area contributed by atoms with E-state index >= 15 is 0 Å². The molecule has 0 aromatic heterocycles. The maximum absolute atomic E-state index is 13.7. The van der Waals surface area contributed by atoms with E-state index in [0.29, 0.717) is 43.8 Å². The van der Waals surface area contributed by atoms with E-state index in [2.05, 4.69) is 26.5 Å². The first-order valence-corrected chi connectivity index (χ1v) is 15.9. The van der Waals surface area contributed by atoms with Crippen LogP contribution in [0.15, 0.2) is 93.3 Å². The molecular formula is C31H28BrCl2N3O5S. The van der Waals surface area contributed by atoms with E-state index in [-0.39, 0.29) is 10.6 Å². The first-order chi connectivity index (χ1) is 20.5. The predicted molar refractivity (Wildman–Crippen MR) is 174 cm³/mol. The van der Waals surface area contributed by atoms with Gasteiger partial charge in [-0.05, 0) is 95.0 Å². The van der Waals surface area contributed by atoms with E-state index in [4.69, 9.17) is 32.7 Å². The number of rotatable bonds is 11. The van der Waals surface area contributed by atoms with Gasteiger partial charge in [-0.15, -0.1) is 0 Å². The summed E-state index contributed by atoms with van der Waals surface area (Å²) >= 11 is 15.8. The molecule has 1 amide bonds. The average Bonchev–Trinajstić information content (AvgIpc) is 2.98. The van der Waals surface area contributed by atoms with Gasteiger partial charge >= 0.3 is 0 Å². The molecule has 0 aliphatic rings. The highest BCUT2D eigenvalue weighted by atomic mass is 79.9. The third kappa shape index (κ3) is 8.08.